The number of hydrogen-bond donors (Lipinski definition) is 2. The Morgan fingerprint density at radius 1 is 0.914 bits per heavy atom. The Bertz CT molecular complexity index is 1350. The van der Waals surface area contributed by atoms with Crippen molar-refractivity contribution in [1.82, 2.24) is 9.78 Å². The second-order valence-corrected chi connectivity index (χ2v) is 9.32. The van der Waals surface area contributed by atoms with Crippen LogP contribution in [0.1, 0.15) is 16.8 Å². The smallest absolute Gasteiger partial charge is 0.330 e. The molecule has 0 aliphatic rings. The summed E-state index contributed by atoms with van der Waals surface area (Å²) in [6.07, 6.45) is -3.62. The zero-order valence-electron chi connectivity index (χ0n) is 18.9. The van der Waals surface area contributed by atoms with Crippen LogP contribution in [0.4, 0.5) is 13.2 Å². The van der Waals surface area contributed by atoms with E-state index < -0.39 is 21.9 Å². The maximum absolute atomic E-state index is 13.1. The summed E-state index contributed by atoms with van der Waals surface area (Å²) < 4.78 is 63.2. The summed E-state index contributed by atoms with van der Waals surface area (Å²) >= 11 is 0. The van der Waals surface area contributed by atoms with Crippen LogP contribution in [0.3, 0.4) is 0 Å². The molecule has 0 radical (unpaired) electrons. The van der Waals surface area contributed by atoms with E-state index in [-0.39, 0.29) is 16.3 Å². The molecule has 35 heavy (non-hydrogen) atoms. The maximum atomic E-state index is 13.1. The molecule has 4 aromatic rings. The number of halogens is 3. The molecule has 0 aliphatic carbocycles. The Hall–Kier alpha value is -3.47. The minimum absolute atomic E-state index is 0.138. The normalized spacial score (nSPS) is 11.6. The lowest BCUT2D eigenvalue weighted by atomic mass is 10.1. The average molecular weight is 503 g/mol. The number of aryl methyl sites for hydroxylation is 1. The number of rotatable bonds is 5. The molecule has 0 unspecified atom stereocenters. The van der Waals surface area contributed by atoms with Crippen molar-refractivity contribution < 1.29 is 21.6 Å². The minimum Gasteiger partial charge on any atom is -0.330 e. The van der Waals surface area contributed by atoms with E-state index in [9.17, 15) is 21.6 Å². The van der Waals surface area contributed by atoms with Crippen molar-refractivity contribution in [3.05, 3.63) is 102 Å². The number of nitrogens with zero attached hydrogens (tertiary/aromatic N) is 2. The van der Waals surface area contributed by atoms with Crippen molar-refractivity contribution in [2.45, 2.75) is 24.4 Å². The van der Waals surface area contributed by atoms with E-state index in [4.69, 9.17) is 10.9 Å². The summed E-state index contributed by atoms with van der Waals surface area (Å²) in [6.45, 7) is 2.61. The molecule has 1 aromatic heterocycles. The van der Waals surface area contributed by atoms with E-state index in [2.05, 4.69) is 17.2 Å². The molecular weight excluding hydrogens is 477 g/mol. The molecule has 0 aliphatic heterocycles. The van der Waals surface area contributed by atoms with Crippen LogP contribution in [0, 0.1) is 6.92 Å². The van der Waals surface area contributed by atoms with Crippen molar-refractivity contribution in [2.75, 3.05) is 6.54 Å². The standard InChI is InChI=1S/C17H14F3N3O2S.C8H11N/c1-11-2-4-12(5-3-11)15-10-16(17(18,19)20)22-23(15)13-6-8-14(9-7-13)26(21,24)25;9-7-6-8-4-2-1-3-5-8/h2-10H,1H3,(H2,21,24,25);1-5H,6-7,9H2. The number of hydrogen-bond acceptors (Lipinski definition) is 4. The van der Waals surface area contributed by atoms with E-state index in [0.29, 0.717) is 5.56 Å². The van der Waals surface area contributed by atoms with Gasteiger partial charge in [-0.3, -0.25) is 0 Å². The van der Waals surface area contributed by atoms with Gasteiger partial charge >= 0.3 is 6.18 Å². The van der Waals surface area contributed by atoms with Gasteiger partial charge in [0.1, 0.15) is 0 Å². The summed E-state index contributed by atoms with van der Waals surface area (Å²) in [5.74, 6) is 0. The second kappa shape index (κ2) is 10.9. The molecule has 184 valence electrons. The van der Waals surface area contributed by atoms with E-state index in [1.54, 1.807) is 24.3 Å². The largest absolute Gasteiger partial charge is 0.435 e. The van der Waals surface area contributed by atoms with Gasteiger partial charge in [-0.25, -0.2) is 18.2 Å². The van der Waals surface area contributed by atoms with E-state index in [0.717, 1.165) is 29.3 Å². The van der Waals surface area contributed by atoms with Crippen molar-refractivity contribution in [3.8, 4) is 16.9 Å². The molecule has 0 atom stereocenters. The highest BCUT2D eigenvalue weighted by Gasteiger charge is 2.35. The van der Waals surface area contributed by atoms with Crippen LogP contribution in [0.25, 0.3) is 16.9 Å². The van der Waals surface area contributed by atoms with Crippen LogP contribution < -0.4 is 10.9 Å². The molecule has 0 fully saturated rings. The highest BCUT2D eigenvalue weighted by molar-refractivity contribution is 7.89. The van der Waals surface area contributed by atoms with Crippen molar-refractivity contribution in [2.24, 2.45) is 10.9 Å². The highest BCUT2D eigenvalue weighted by Crippen LogP contribution is 2.33. The van der Waals surface area contributed by atoms with Gasteiger partial charge in [0.2, 0.25) is 10.0 Å². The van der Waals surface area contributed by atoms with Crippen LogP contribution in [0.2, 0.25) is 0 Å². The summed E-state index contributed by atoms with van der Waals surface area (Å²) in [5.41, 5.74) is 7.68. The number of nitrogens with two attached hydrogens (primary N) is 2. The third-order valence-corrected chi connectivity index (χ3v) is 5.96. The molecule has 0 bridgehead atoms. The first kappa shape index (κ1) is 26.1. The van der Waals surface area contributed by atoms with Gasteiger partial charge in [-0.05, 0) is 55.8 Å². The van der Waals surface area contributed by atoms with Crippen LogP contribution in [0.15, 0.2) is 89.8 Å². The van der Waals surface area contributed by atoms with Gasteiger partial charge in [-0.15, -0.1) is 0 Å². The molecule has 1 heterocycles. The van der Waals surface area contributed by atoms with Gasteiger partial charge < -0.3 is 5.73 Å². The lowest BCUT2D eigenvalue weighted by Crippen LogP contribution is -2.12. The maximum Gasteiger partial charge on any atom is 0.435 e. The molecule has 6 nitrogen and oxygen atoms in total. The molecule has 4 N–H and O–H groups in total. The Balaban J connectivity index is 0.000000320. The Morgan fingerprint density at radius 2 is 1.51 bits per heavy atom. The number of primary sulfonamides is 1. The van der Waals surface area contributed by atoms with Crippen molar-refractivity contribution >= 4 is 10.0 Å². The third kappa shape index (κ3) is 7.01. The van der Waals surface area contributed by atoms with Crippen LogP contribution in [-0.2, 0) is 22.6 Å². The fourth-order valence-electron chi connectivity index (χ4n) is 3.23. The van der Waals surface area contributed by atoms with Gasteiger partial charge in [0.25, 0.3) is 0 Å². The molecule has 0 amide bonds. The first-order valence-electron chi connectivity index (χ1n) is 10.6. The molecule has 4 rings (SSSR count). The fourth-order valence-corrected chi connectivity index (χ4v) is 3.75. The van der Waals surface area contributed by atoms with Gasteiger partial charge in [-0.2, -0.15) is 18.3 Å². The molecule has 3 aromatic carbocycles. The Labute approximate surface area is 202 Å². The number of sulfonamides is 1. The predicted octanol–water partition coefficient (Wildman–Crippen LogP) is 4.70. The molecule has 10 heteroatoms. The predicted molar refractivity (Wildman–Crippen MR) is 129 cm³/mol. The van der Waals surface area contributed by atoms with Crippen molar-refractivity contribution in [3.63, 3.8) is 0 Å². The zero-order chi connectivity index (χ0) is 25.6. The number of benzene rings is 3. The fraction of sp³-hybridized carbons (Fsp3) is 0.160. The van der Waals surface area contributed by atoms with E-state index >= 15 is 0 Å². The first-order valence-corrected chi connectivity index (χ1v) is 12.1. The summed E-state index contributed by atoms with van der Waals surface area (Å²) in [5, 5.41) is 8.70. The third-order valence-electron chi connectivity index (χ3n) is 5.03. The molecular formula is C25H25F3N4O2S. The molecule has 0 spiro atoms. The highest BCUT2D eigenvalue weighted by atomic mass is 32.2. The van der Waals surface area contributed by atoms with Gasteiger partial charge in [0.05, 0.1) is 16.3 Å². The van der Waals surface area contributed by atoms with Crippen LogP contribution in [0.5, 0.6) is 0 Å². The first-order chi connectivity index (χ1) is 16.5. The Kier molecular flexibility index (Phi) is 8.11. The Morgan fingerprint density at radius 3 is 2.03 bits per heavy atom. The SMILES string of the molecule is Cc1ccc(-c2cc(C(F)(F)F)nn2-c2ccc(S(N)(=O)=O)cc2)cc1.NCCc1ccccc1. The van der Waals surface area contributed by atoms with Gasteiger partial charge in [0.15, 0.2) is 5.69 Å². The lowest BCUT2D eigenvalue weighted by Gasteiger charge is -2.09. The van der Waals surface area contributed by atoms with E-state index in [1.807, 2.05) is 25.1 Å². The average Bonchev–Trinajstić information content (AvgIpc) is 3.27. The summed E-state index contributed by atoms with van der Waals surface area (Å²) in [6, 6.07) is 23.3. The molecule has 0 saturated heterocycles. The number of aromatic nitrogens is 2. The topological polar surface area (TPSA) is 104 Å². The zero-order valence-corrected chi connectivity index (χ0v) is 19.7. The second-order valence-electron chi connectivity index (χ2n) is 7.75. The van der Waals surface area contributed by atoms with Gasteiger partial charge in [-0.1, -0.05) is 60.2 Å². The summed E-state index contributed by atoms with van der Waals surface area (Å²) in [7, 11) is -3.90. The molecule has 0 saturated carbocycles. The van der Waals surface area contributed by atoms with Gasteiger partial charge in [0, 0.05) is 5.56 Å². The lowest BCUT2D eigenvalue weighted by molar-refractivity contribution is -0.141. The monoisotopic (exact) mass is 502 g/mol. The summed E-state index contributed by atoms with van der Waals surface area (Å²) in [4.78, 5) is -0.138. The minimum atomic E-state index is -4.61. The number of alkyl halides is 3. The quantitative estimate of drug-likeness (QED) is 0.413. The van der Waals surface area contributed by atoms with E-state index in [1.165, 1.54) is 29.8 Å². The van der Waals surface area contributed by atoms with Crippen LogP contribution in [-0.4, -0.2) is 24.7 Å². The van der Waals surface area contributed by atoms with Crippen molar-refractivity contribution in [1.29, 1.82) is 0 Å². The van der Waals surface area contributed by atoms with Crippen LogP contribution >= 0.6 is 0 Å².